The maximum Gasteiger partial charge on any atom is 0.255 e. The Kier molecular flexibility index (Phi) is 5.57. The highest BCUT2D eigenvalue weighted by Crippen LogP contribution is 2.24. The molecule has 0 aliphatic carbocycles. The van der Waals surface area contributed by atoms with Crippen LogP contribution in [-0.4, -0.2) is 19.0 Å². The summed E-state index contributed by atoms with van der Waals surface area (Å²) in [5, 5.41) is 2.99. The van der Waals surface area contributed by atoms with Crippen molar-refractivity contribution in [2.24, 2.45) is 0 Å². The Morgan fingerprint density at radius 3 is 2.39 bits per heavy atom. The van der Waals surface area contributed by atoms with Crippen LogP contribution in [0.4, 0.5) is 11.4 Å². The first-order valence-electron chi connectivity index (χ1n) is 9.71. The van der Waals surface area contributed by atoms with E-state index in [2.05, 4.69) is 16.3 Å². The molecule has 28 heavy (non-hydrogen) atoms. The number of nitrogens with zero attached hydrogens (tertiary/aromatic N) is 1. The lowest BCUT2D eigenvalue weighted by Gasteiger charge is -2.18. The van der Waals surface area contributed by atoms with E-state index in [0.29, 0.717) is 12.2 Å². The third kappa shape index (κ3) is 4.52. The predicted molar refractivity (Wildman–Crippen MR) is 113 cm³/mol. The minimum Gasteiger partial charge on any atom is -0.489 e. The second kappa shape index (κ2) is 8.61. The van der Waals surface area contributed by atoms with Gasteiger partial charge in [-0.3, -0.25) is 4.79 Å². The molecule has 1 heterocycles. The Morgan fingerprint density at radius 1 is 0.893 bits per heavy atom. The minimum atomic E-state index is -0.117. The molecule has 4 nitrogen and oxygen atoms in total. The molecule has 0 aromatic heterocycles. The Morgan fingerprint density at radius 2 is 1.64 bits per heavy atom. The summed E-state index contributed by atoms with van der Waals surface area (Å²) in [4.78, 5) is 14.9. The normalized spacial score (nSPS) is 13.4. The van der Waals surface area contributed by atoms with Gasteiger partial charge in [-0.15, -0.1) is 0 Å². The third-order valence-corrected chi connectivity index (χ3v) is 4.94. The summed E-state index contributed by atoms with van der Waals surface area (Å²) in [6.45, 7) is 2.68. The standard InChI is InChI=1S/C24H24N2O2/c27-24(25-21-9-6-10-22(17-21)26-15-4-5-16-26)20-11-13-23(14-12-20)28-18-19-7-2-1-3-8-19/h1-3,6-14,17H,4-5,15-16,18H2,(H,25,27). The largest absolute Gasteiger partial charge is 0.489 e. The average molecular weight is 372 g/mol. The molecule has 0 atom stereocenters. The molecule has 1 aliphatic rings. The van der Waals surface area contributed by atoms with Crippen LogP contribution in [0.15, 0.2) is 78.9 Å². The van der Waals surface area contributed by atoms with Crippen molar-refractivity contribution in [2.45, 2.75) is 19.4 Å². The van der Waals surface area contributed by atoms with E-state index in [9.17, 15) is 4.79 Å². The predicted octanol–water partition coefficient (Wildman–Crippen LogP) is 5.12. The number of nitrogens with one attached hydrogen (secondary N) is 1. The first-order chi connectivity index (χ1) is 13.8. The van der Waals surface area contributed by atoms with Gasteiger partial charge in [-0.05, 0) is 60.9 Å². The van der Waals surface area contributed by atoms with Crippen molar-refractivity contribution in [2.75, 3.05) is 23.3 Å². The van der Waals surface area contributed by atoms with Crippen molar-refractivity contribution in [1.82, 2.24) is 0 Å². The number of amides is 1. The summed E-state index contributed by atoms with van der Waals surface area (Å²) in [6.07, 6.45) is 2.46. The molecule has 4 rings (SSSR count). The van der Waals surface area contributed by atoms with Crippen molar-refractivity contribution < 1.29 is 9.53 Å². The maximum atomic E-state index is 12.6. The van der Waals surface area contributed by atoms with Crippen LogP contribution in [0, 0.1) is 0 Å². The molecule has 3 aromatic carbocycles. The van der Waals surface area contributed by atoms with Gasteiger partial charge in [0.15, 0.2) is 0 Å². The topological polar surface area (TPSA) is 41.6 Å². The van der Waals surface area contributed by atoms with E-state index < -0.39 is 0 Å². The zero-order valence-electron chi connectivity index (χ0n) is 15.8. The Labute approximate surface area is 165 Å². The molecule has 0 unspecified atom stereocenters. The maximum absolute atomic E-state index is 12.6. The summed E-state index contributed by atoms with van der Waals surface area (Å²) in [5.74, 6) is 0.629. The van der Waals surface area contributed by atoms with Crippen LogP contribution in [0.1, 0.15) is 28.8 Å². The monoisotopic (exact) mass is 372 g/mol. The van der Waals surface area contributed by atoms with Gasteiger partial charge in [0, 0.05) is 30.0 Å². The number of anilines is 2. The fraction of sp³-hybridized carbons (Fsp3) is 0.208. The molecule has 1 saturated heterocycles. The van der Waals surface area contributed by atoms with Crippen molar-refractivity contribution in [3.63, 3.8) is 0 Å². The van der Waals surface area contributed by atoms with E-state index in [1.54, 1.807) is 12.1 Å². The molecule has 0 saturated carbocycles. The summed E-state index contributed by atoms with van der Waals surface area (Å²) in [5.41, 5.74) is 3.71. The molecule has 0 radical (unpaired) electrons. The Bertz CT molecular complexity index is 917. The van der Waals surface area contributed by atoms with Crippen LogP contribution < -0.4 is 15.0 Å². The van der Waals surface area contributed by atoms with Gasteiger partial charge >= 0.3 is 0 Å². The summed E-state index contributed by atoms with van der Waals surface area (Å²) in [7, 11) is 0. The molecule has 1 fully saturated rings. The van der Waals surface area contributed by atoms with Gasteiger partial charge in [-0.25, -0.2) is 0 Å². The van der Waals surface area contributed by atoms with E-state index in [0.717, 1.165) is 30.1 Å². The van der Waals surface area contributed by atoms with Crippen LogP contribution in [0.2, 0.25) is 0 Å². The van der Waals surface area contributed by atoms with Gasteiger partial charge in [0.25, 0.3) is 5.91 Å². The summed E-state index contributed by atoms with van der Waals surface area (Å²) >= 11 is 0. The first-order valence-corrected chi connectivity index (χ1v) is 9.71. The van der Waals surface area contributed by atoms with Crippen LogP contribution in [0.5, 0.6) is 5.75 Å². The molecule has 4 heteroatoms. The average Bonchev–Trinajstić information content (AvgIpc) is 3.29. The fourth-order valence-corrected chi connectivity index (χ4v) is 3.40. The van der Waals surface area contributed by atoms with Crippen LogP contribution in [0.3, 0.4) is 0 Å². The van der Waals surface area contributed by atoms with E-state index >= 15 is 0 Å². The van der Waals surface area contributed by atoms with Crippen molar-refractivity contribution in [3.8, 4) is 5.75 Å². The second-order valence-corrected chi connectivity index (χ2v) is 7.00. The van der Waals surface area contributed by atoms with Crippen LogP contribution in [-0.2, 0) is 6.61 Å². The van der Waals surface area contributed by atoms with Gasteiger partial charge in [0.2, 0.25) is 0 Å². The molecule has 3 aromatic rings. The fourth-order valence-electron chi connectivity index (χ4n) is 3.40. The summed E-state index contributed by atoms with van der Waals surface area (Å²) in [6, 6.07) is 25.3. The molecule has 1 N–H and O–H groups in total. The first kappa shape index (κ1) is 18.1. The number of benzene rings is 3. The molecule has 142 valence electrons. The number of hydrogen-bond acceptors (Lipinski definition) is 3. The minimum absolute atomic E-state index is 0.117. The number of carbonyl (C=O) groups is 1. The molecular weight excluding hydrogens is 348 g/mol. The molecule has 1 aliphatic heterocycles. The van der Waals surface area contributed by atoms with Crippen molar-refractivity contribution in [1.29, 1.82) is 0 Å². The molecule has 0 bridgehead atoms. The quantitative estimate of drug-likeness (QED) is 0.653. The van der Waals surface area contributed by atoms with Crippen molar-refractivity contribution >= 4 is 17.3 Å². The summed E-state index contributed by atoms with van der Waals surface area (Å²) < 4.78 is 5.78. The Balaban J connectivity index is 1.36. The lowest BCUT2D eigenvalue weighted by atomic mass is 10.2. The van der Waals surface area contributed by atoms with Crippen LogP contribution in [0.25, 0.3) is 0 Å². The van der Waals surface area contributed by atoms with E-state index in [4.69, 9.17) is 4.74 Å². The lowest BCUT2D eigenvalue weighted by molar-refractivity contribution is 0.102. The zero-order chi connectivity index (χ0) is 19.2. The van der Waals surface area contributed by atoms with E-state index in [1.807, 2.05) is 60.7 Å². The Hall–Kier alpha value is -3.27. The van der Waals surface area contributed by atoms with Gasteiger partial charge in [-0.2, -0.15) is 0 Å². The number of carbonyl (C=O) groups excluding carboxylic acids is 1. The third-order valence-electron chi connectivity index (χ3n) is 4.94. The van der Waals surface area contributed by atoms with E-state index in [-0.39, 0.29) is 5.91 Å². The zero-order valence-corrected chi connectivity index (χ0v) is 15.8. The lowest BCUT2D eigenvalue weighted by Crippen LogP contribution is -2.18. The van der Waals surface area contributed by atoms with Gasteiger partial charge in [0.1, 0.15) is 12.4 Å². The number of ether oxygens (including phenoxy) is 1. The SMILES string of the molecule is O=C(Nc1cccc(N2CCCC2)c1)c1ccc(OCc2ccccc2)cc1. The highest BCUT2D eigenvalue weighted by molar-refractivity contribution is 6.04. The second-order valence-electron chi connectivity index (χ2n) is 7.00. The van der Waals surface area contributed by atoms with Crippen molar-refractivity contribution in [3.05, 3.63) is 90.0 Å². The van der Waals surface area contributed by atoms with Gasteiger partial charge < -0.3 is 15.0 Å². The van der Waals surface area contributed by atoms with Gasteiger partial charge in [0.05, 0.1) is 0 Å². The highest BCUT2D eigenvalue weighted by Gasteiger charge is 2.13. The smallest absolute Gasteiger partial charge is 0.255 e. The highest BCUT2D eigenvalue weighted by atomic mass is 16.5. The van der Waals surface area contributed by atoms with E-state index in [1.165, 1.54) is 18.5 Å². The number of hydrogen-bond donors (Lipinski definition) is 1. The number of rotatable bonds is 6. The van der Waals surface area contributed by atoms with Crippen LogP contribution >= 0.6 is 0 Å². The molecular formula is C24H24N2O2. The van der Waals surface area contributed by atoms with Gasteiger partial charge in [-0.1, -0.05) is 36.4 Å². The molecule has 0 spiro atoms. The molecule has 1 amide bonds.